The van der Waals surface area contributed by atoms with Crippen molar-refractivity contribution in [3.63, 3.8) is 0 Å². The van der Waals surface area contributed by atoms with Crippen LogP contribution in [-0.2, 0) is 0 Å². The zero-order valence-electron chi connectivity index (χ0n) is 11.7. The summed E-state index contributed by atoms with van der Waals surface area (Å²) in [4.78, 5) is 8.82. The van der Waals surface area contributed by atoms with Crippen molar-refractivity contribution in [2.45, 2.75) is 11.6 Å². The molecule has 2 aromatic rings. The lowest BCUT2D eigenvalue weighted by Gasteiger charge is -2.11. The van der Waals surface area contributed by atoms with Crippen molar-refractivity contribution in [3.8, 4) is 17.3 Å². The van der Waals surface area contributed by atoms with Crippen LogP contribution in [0, 0.1) is 11.3 Å². The molecule has 0 fully saturated rings. The standard InChI is InChI=1S/C15H16N4OS/c1-21-15-18-13(11-6-3-2-4-7-11)12(10-16)14(19-15)17-8-5-9-20/h2-4,6-7,20H,5,8-9H2,1H3,(H,17,18,19). The van der Waals surface area contributed by atoms with Gasteiger partial charge in [0.1, 0.15) is 17.5 Å². The van der Waals surface area contributed by atoms with Crippen molar-refractivity contribution in [2.24, 2.45) is 0 Å². The van der Waals surface area contributed by atoms with E-state index in [-0.39, 0.29) is 6.61 Å². The zero-order valence-corrected chi connectivity index (χ0v) is 12.5. The van der Waals surface area contributed by atoms with Gasteiger partial charge in [-0.05, 0) is 12.7 Å². The minimum absolute atomic E-state index is 0.0981. The Morgan fingerprint density at radius 2 is 2.05 bits per heavy atom. The third-order valence-corrected chi connectivity index (χ3v) is 3.41. The number of aromatic nitrogens is 2. The van der Waals surface area contributed by atoms with Gasteiger partial charge in [0.2, 0.25) is 0 Å². The molecule has 0 radical (unpaired) electrons. The van der Waals surface area contributed by atoms with Crippen LogP contribution in [0.25, 0.3) is 11.3 Å². The van der Waals surface area contributed by atoms with E-state index >= 15 is 0 Å². The van der Waals surface area contributed by atoms with Crippen LogP contribution in [0.5, 0.6) is 0 Å². The highest BCUT2D eigenvalue weighted by Crippen LogP contribution is 2.28. The first-order chi connectivity index (χ1) is 10.3. The van der Waals surface area contributed by atoms with Gasteiger partial charge in [0.25, 0.3) is 0 Å². The number of nitrogens with zero attached hydrogens (tertiary/aromatic N) is 3. The maximum absolute atomic E-state index is 9.45. The van der Waals surface area contributed by atoms with Crippen LogP contribution >= 0.6 is 11.8 Å². The Balaban J connectivity index is 2.48. The van der Waals surface area contributed by atoms with Gasteiger partial charge in [-0.25, -0.2) is 9.97 Å². The molecule has 0 aliphatic rings. The van der Waals surface area contributed by atoms with Gasteiger partial charge in [0.15, 0.2) is 5.16 Å². The summed E-state index contributed by atoms with van der Waals surface area (Å²) >= 11 is 1.43. The minimum Gasteiger partial charge on any atom is -0.396 e. The number of rotatable bonds is 6. The molecule has 1 aromatic carbocycles. The highest BCUT2D eigenvalue weighted by molar-refractivity contribution is 7.98. The molecular formula is C15H16N4OS. The number of thioether (sulfide) groups is 1. The molecule has 6 heteroatoms. The van der Waals surface area contributed by atoms with E-state index in [0.29, 0.717) is 35.2 Å². The highest BCUT2D eigenvalue weighted by atomic mass is 32.2. The van der Waals surface area contributed by atoms with Crippen LogP contribution in [-0.4, -0.2) is 34.5 Å². The van der Waals surface area contributed by atoms with Crippen LogP contribution in [0.3, 0.4) is 0 Å². The van der Waals surface area contributed by atoms with Gasteiger partial charge in [0, 0.05) is 18.7 Å². The van der Waals surface area contributed by atoms with E-state index in [1.165, 1.54) is 11.8 Å². The number of hydrogen-bond acceptors (Lipinski definition) is 6. The fourth-order valence-electron chi connectivity index (χ4n) is 1.86. The van der Waals surface area contributed by atoms with E-state index in [4.69, 9.17) is 5.11 Å². The molecule has 0 aliphatic heterocycles. The molecule has 0 saturated carbocycles. The third kappa shape index (κ3) is 3.72. The first kappa shape index (κ1) is 15.3. The smallest absolute Gasteiger partial charge is 0.189 e. The Bertz CT molecular complexity index is 640. The summed E-state index contributed by atoms with van der Waals surface area (Å²) in [6.07, 6.45) is 2.50. The number of hydrogen-bond donors (Lipinski definition) is 2. The molecule has 5 nitrogen and oxygen atoms in total. The molecule has 0 amide bonds. The lowest BCUT2D eigenvalue weighted by atomic mass is 10.1. The number of aliphatic hydroxyl groups is 1. The average Bonchev–Trinajstić information content (AvgIpc) is 2.55. The quantitative estimate of drug-likeness (QED) is 0.485. The van der Waals surface area contributed by atoms with Crippen molar-refractivity contribution in [3.05, 3.63) is 35.9 Å². The number of aliphatic hydroxyl groups excluding tert-OH is 1. The Labute approximate surface area is 128 Å². The van der Waals surface area contributed by atoms with Crippen molar-refractivity contribution < 1.29 is 5.11 Å². The van der Waals surface area contributed by atoms with Crippen molar-refractivity contribution in [2.75, 3.05) is 24.7 Å². The first-order valence-electron chi connectivity index (χ1n) is 6.56. The number of nitrogens with one attached hydrogen (secondary N) is 1. The van der Waals surface area contributed by atoms with Gasteiger partial charge in [-0.2, -0.15) is 5.26 Å². The van der Waals surface area contributed by atoms with E-state index in [1.54, 1.807) is 0 Å². The van der Waals surface area contributed by atoms with Gasteiger partial charge in [-0.1, -0.05) is 42.1 Å². The van der Waals surface area contributed by atoms with Gasteiger partial charge >= 0.3 is 0 Å². The van der Waals surface area contributed by atoms with E-state index in [9.17, 15) is 5.26 Å². The molecule has 0 saturated heterocycles. The van der Waals surface area contributed by atoms with Crippen LogP contribution in [0.1, 0.15) is 12.0 Å². The predicted octanol–water partition coefficient (Wildman–Crippen LogP) is 2.53. The van der Waals surface area contributed by atoms with Gasteiger partial charge in [0.05, 0.1) is 5.69 Å². The van der Waals surface area contributed by atoms with Crippen molar-refractivity contribution in [1.29, 1.82) is 5.26 Å². The largest absolute Gasteiger partial charge is 0.396 e. The Morgan fingerprint density at radius 1 is 1.29 bits per heavy atom. The first-order valence-corrected chi connectivity index (χ1v) is 7.79. The second kappa shape index (κ2) is 7.62. The monoisotopic (exact) mass is 300 g/mol. The molecule has 0 atom stereocenters. The average molecular weight is 300 g/mol. The summed E-state index contributed by atoms with van der Waals surface area (Å²) in [5, 5.41) is 22.0. The molecule has 1 heterocycles. The molecule has 108 valence electrons. The third-order valence-electron chi connectivity index (χ3n) is 2.86. The van der Waals surface area contributed by atoms with E-state index in [0.717, 1.165) is 5.56 Å². The number of nitriles is 1. The topological polar surface area (TPSA) is 81.8 Å². The summed E-state index contributed by atoms with van der Waals surface area (Å²) in [7, 11) is 0. The second-order valence-corrected chi connectivity index (χ2v) is 5.04. The van der Waals surface area contributed by atoms with Crippen LogP contribution in [0.15, 0.2) is 35.5 Å². The van der Waals surface area contributed by atoms with Crippen molar-refractivity contribution in [1.82, 2.24) is 9.97 Å². The zero-order chi connectivity index (χ0) is 15.1. The fraction of sp³-hybridized carbons (Fsp3) is 0.267. The molecule has 2 N–H and O–H groups in total. The Morgan fingerprint density at radius 3 is 2.67 bits per heavy atom. The fourth-order valence-corrected chi connectivity index (χ4v) is 2.22. The van der Waals surface area contributed by atoms with E-state index < -0.39 is 0 Å². The molecule has 0 bridgehead atoms. The minimum atomic E-state index is 0.0981. The molecule has 0 spiro atoms. The molecule has 21 heavy (non-hydrogen) atoms. The summed E-state index contributed by atoms with van der Waals surface area (Å²) in [6.45, 7) is 0.658. The Kier molecular flexibility index (Phi) is 5.55. The summed E-state index contributed by atoms with van der Waals surface area (Å²) in [5.74, 6) is 0.518. The number of benzene rings is 1. The van der Waals surface area contributed by atoms with Gasteiger partial charge in [-0.3, -0.25) is 0 Å². The maximum Gasteiger partial charge on any atom is 0.189 e. The molecule has 1 aromatic heterocycles. The Hall–Kier alpha value is -2.10. The SMILES string of the molecule is CSc1nc(NCCCO)c(C#N)c(-c2ccccc2)n1. The molecular weight excluding hydrogens is 284 g/mol. The van der Waals surface area contributed by atoms with Gasteiger partial charge in [-0.15, -0.1) is 0 Å². The summed E-state index contributed by atoms with van der Waals surface area (Å²) in [6, 6.07) is 11.8. The van der Waals surface area contributed by atoms with E-state index in [2.05, 4.69) is 21.4 Å². The number of anilines is 1. The van der Waals surface area contributed by atoms with E-state index in [1.807, 2.05) is 36.6 Å². The highest BCUT2D eigenvalue weighted by Gasteiger charge is 2.15. The second-order valence-electron chi connectivity index (χ2n) is 4.26. The maximum atomic E-state index is 9.45. The molecule has 0 unspecified atom stereocenters. The van der Waals surface area contributed by atoms with Crippen molar-refractivity contribution >= 4 is 17.6 Å². The lowest BCUT2D eigenvalue weighted by Crippen LogP contribution is -2.09. The molecule has 0 aliphatic carbocycles. The predicted molar refractivity (Wildman–Crippen MR) is 84.2 cm³/mol. The lowest BCUT2D eigenvalue weighted by molar-refractivity contribution is 0.292. The van der Waals surface area contributed by atoms with Crippen LogP contribution in [0.4, 0.5) is 5.82 Å². The molecule has 2 rings (SSSR count). The van der Waals surface area contributed by atoms with Crippen LogP contribution < -0.4 is 5.32 Å². The van der Waals surface area contributed by atoms with Crippen LogP contribution in [0.2, 0.25) is 0 Å². The normalized spacial score (nSPS) is 10.1. The summed E-state index contributed by atoms with van der Waals surface area (Å²) < 4.78 is 0. The summed E-state index contributed by atoms with van der Waals surface area (Å²) in [5.41, 5.74) is 1.94. The van der Waals surface area contributed by atoms with Gasteiger partial charge < -0.3 is 10.4 Å².